The molecule has 8 heteroatoms. The number of nitrogens with zero attached hydrogens (tertiary/aromatic N) is 1. The van der Waals surface area contributed by atoms with Gasteiger partial charge in [-0.15, -0.1) is 0 Å². The molecule has 1 heterocycles. The number of benzene rings is 1. The Bertz CT molecular complexity index is 577. The van der Waals surface area contributed by atoms with Gasteiger partial charge < -0.3 is 25.0 Å². The number of carbonyl (C=O) groups is 1. The summed E-state index contributed by atoms with van der Waals surface area (Å²) in [6.07, 6.45) is 0.224. The maximum absolute atomic E-state index is 13.6. The minimum absolute atomic E-state index is 0.101. The molecule has 3 N–H and O–H groups in total. The van der Waals surface area contributed by atoms with E-state index >= 15 is 0 Å². The van der Waals surface area contributed by atoms with E-state index in [1.54, 1.807) is 20.8 Å². The first kappa shape index (κ1) is 17.6. The molecule has 0 bridgehead atoms. The van der Waals surface area contributed by atoms with Crippen LogP contribution in [0.3, 0.4) is 0 Å². The topological polar surface area (TPSA) is 82.0 Å². The van der Waals surface area contributed by atoms with Crippen LogP contribution in [0.25, 0.3) is 0 Å². The van der Waals surface area contributed by atoms with E-state index in [0.29, 0.717) is 25.2 Å². The second kappa shape index (κ2) is 6.76. The van der Waals surface area contributed by atoms with Crippen LogP contribution in [0, 0.1) is 5.82 Å². The van der Waals surface area contributed by atoms with Gasteiger partial charge in [0, 0.05) is 18.8 Å². The fraction of sp³-hybridized carbons (Fsp3) is 0.533. The normalized spacial score (nSPS) is 18.0. The number of nitrogens with one attached hydrogen (secondary N) is 1. The van der Waals surface area contributed by atoms with Crippen LogP contribution in [-0.2, 0) is 4.74 Å². The molecular weight excluding hydrogens is 302 g/mol. The van der Waals surface area contributed by atoms with Crippen LogP contribution in [0.5, 0.6) is 0 Å². The van der Waals surface area contributed by atoms with Crippen LogP contribution >= 0.6 is 0 Å². The number of hydrogen-bond donors (Lipinski definition) is 3. The van der Waals surface area contributed by atoms with Gasteiger partial charge in [-0.05, 0) is 50.9 Å². The van der Waals surface area contributed by atoms with Crippen molar-refractivity contribution in [2.75, 3.05) is 18.0 Å². The number of amides is 1. The van der Waals surface area contributed by atoms with E-state index in [2.05, 4.69) is 5.32 Å². The molecule has 1 atom stereocenters. The monoisotopic (exact) mass is 324 g/mol. The van der Waals surface area contributed by atoms with Crippen molar-refractivity contribution in [3.63, 3.8) is 0 Å². The molecule has 23 heavy (non-hydrogen) atoms. The number of anilines is 1. The Balaban J connectivity index is 1.99. The van der Waals surface area contributed by atoms with Gasteiger partial charge >= 0.3 is 13.2 Å². The van der Waals surface area contributed by atoms with Crippen molar-refractivity contribution in [3.05, 3.63) is 24.0 Å². The first-order valence-electron chi connectivity index (χ1n) is 7.55. The van der Waals surface area contributed by atoms with E-state index in [9.17, 15) is 19.2 Å². The minimum atomic E-state index is -1.72. The highest BCUT2D eigenvalue weighted by Crippen LogP contribution is 2.21. The molecule has 1 amide bonds. The van der Waals surface area contributed by atoms with Crippen molar-refractivity contribution in [2.45, 2.75) is 38.8 Å². The zero-order valence-corrected chi connectivity index (χ0v) is 13.5. The Morgan fingerprint density at radius 3 is 2.70 bits per heavy atom. The Hall–Kier alpha value is -1.80. The third kappa shape index (κ3) is 5.11. The number of alkyl carbamates (subject to hydrolysis) is 1. The number of rotatable bonds is 3. The molecule has 0 radical (unpaired) electrons. The maximum Gasteiger partial charge on any atom is 0.488 e. The third-order valence-electron chi connectivity index (χ3n) is 3.48. The lowest BCUT2D eigenvalue weighted by atomic mass is 9.80. The van der Waals surface area contributed by atoms with Gasteiger partial charge in [0.2, 0.25) is 0 Å². The van der Waals surface area contributed by atoms with Gasteiger partial charge in [0.1, 0.15) is 11.4 Å². The van der Waals surface area contributed by atoms with E-state index in [1.165, 1.54) is 12.1 Å². The van der Waals surface area contributed by atoms with E-state index < -0.39 is 24.6 Å². The van der Waals surface area contributed by atoms with Crippen molar-refractivity contribution in [2.24, 2.45) is 0 Å². The lowest BCUT2D eigenvalue weighted by Crippen LogP contribution is -2.40. The quantitative estimate of drug-likeness (QED) is 0.710. The standard InChI is InChI=1S/C15H22BFN2O4/c1-15(2,3)23-14(20)18-12-4-5-19(9-12)13-7-10(16(21)22)6-11(17)8-13/h6-8,12,21-22H,4-5,9H2,1-3H3,(H,18,20). The van der Waals surface area contributed by atoms with E-state index in [-0.39, 0.29) is 11.5 Å². The summed E-state index contributed by atoms with van der Waals surface area (Å²) in [6.45, 7) is 6.51. The maximum atomic E-state index is 13.6. The first-order valence-corrected chi connectivity index (χ1v) is 7.55. The van der Waals surface area contributed by atoms with Crippen molar-refractivity contribution < 1.29 is 24.0 Å². The van der Waals surface area contributed by atoms with Gasteiger partial charge in [0.15, 0.2) is 0 Å². The van der Waals surface area contributed by atoms with Crippen molar-refractivity contribution in [1.82, 2.24) is 5.32 Å². The fourth-order valence-electron chi connectivity index (χ4n) is 2.51. The molecule has 6 nitrogen and oxygen atoms in total. The molecule has 1 aromatic rings. The summed E-state index contributed by atoms with van der Waals surface area (Å²) < 4.78 is 18.8. The zero-order valence-electron chi connectivity index (χ0n) is 13.5. The van der Waals surface area contributed by atoms with E-state index in [4.69, 9.17) is 4.74 Å². The summed E-state index contributed by atoms with van der Waals surface area (Å²) in [5.41, 5.74) is 0.0991. The summed E-state index contributed by atoms with van der Waals surface area (Å²) in [5.74, 6) is -0.533. The highest BCUT2D eigenvalue weighted by Gasteiger charge is 2.27. The molecule has 0 aromatic heterocycles. The van der Waals surface area contributed by atoms with Crippen LogP contribution in [0.4, 0.5) is 14.9 Å². The Morgan fingerprint density at radius 1 is 1.39 bits per heavy atom. The van der Waals surface area contributed by atoms with Gasteiger partial charge in [-0.3, -0.25) is 0 Å². The van der Waals surface area contributed by atoms with Crippen molar-refractivity contribution in [1.29, 1.82) is 0 Å². The summed E-state index contributed by atoms with van der Waals surface area (Å²) in [5, 5.41) is 21.2. The molecule has 1 saturated heterocycles. The summed E-state index contributed by atoms with van der Waals surface area (Å²) in [7, 11) is -1.72. The van der Waals surface area contributed by atoms with Gasteiger partial charge in [-0.1, -0.05) is 0 Å². The van der Waals surface area contributed by atoms with Crippen LogP contribution in [-0.4, -0.2) is 48.0 Å². The molecule has 0 spiro atoms. The van der Waals surface area contributed by atoms with Crippen molar-refractivity contribution >= 4 is 24.4 Å². The summed E-state index contributed by atoms with van der Waals surface area (Å²) >= 11 is 0. The SMILES string of the molecule is CC(C)(C)OC(=O)NC1CCN(c2cc(F)cc(B(O)O)c2)C1. The number of ether oxygens (including phenoxy) is 1. The highest BCUT2D eigenvalue weighted by molar-refractivity contribution is 6.58. The predicted molar refractivity (Wildman–Crippen MR) is 86.2 cm³/mol. The van der Waals surface area contributed by atoms with Gasteiger partial charge in [0.25, 0.3) is 0 Å². The molecular formula is C15H22BFN2O4. The van der Waals surface area contributed by atoms with Gasteiger partial charge in [-0.25, -0.2) is 9.18 Å². The Kier molecular flexibility index (Phi) is 5.16. The van der Waals surface area contributed by atoms with E-state index in [1.807, 2.05) is 4.90 Å². The lowest BCUT2D eigenvalue weighted by Gasteiger charge is -2.22. The van der Waals surface area contributed by atoms with E-state index in [0.717, 1.165) is 6.07 Å². The predicted octanol–water partition coefficient (Wildman–Crippen LogP) is 0.609. The smallest absolute Gasteiger partial charge is 0.444 e. The third-order valence-corrected chi connectivity index (χ3v) is 3.48. The summed E-state index contributed by atoms with van der Waals surface area (Å²) in [4.78, 5) is 13.7. The zero-order chi connectivity index (χ0) is 17.2. The van der Waals surface area contributed by atoms with Crippen LogP contribution in [0.2, 0.25) is 0 Å². The second-order valence-corrected chi connectivity index (χ2v) is 6.69. The van der Waals surface area contributed by atoms with Crippen LogP contribution in [0.1, 0.15) is 27.2 Å². The number of halogens is 1. The second-order valence-electron chi connectivity index (χ2n) is 6.69. The van der Waals surface area contributed by atoms with Gasteiger partial charge in [0.05, 0.1) is 6.04 Å². The van der Waals surface area contributed by atoms with Crippen LogP contribution in [0.15, 0.2) is 18.2 Å². The average Bonchev–Trinajstić information content (AvgIpc) is 2.84. The molecule has 0 saturated carbocycles. The molecule has 2 rings (SSSR count). The molecule has 1 aromatic carbocycles. The molecule has 1 aliphatic rings. The fourth-order valence-corrected chi connectivity index (χ4v) is 2.51. The molecule has 1 unspecified atom stereocenters. The first-order chi connectivity index (χ1) is 10.6. The lowest BCUT2D eigenvalue weighted by molar-refractivity contribution is 0.0509. The highest BCUT2D eigenvalue weighted by atomic mass is 19.1. The number of hydrogen-bond acceptors (Lipinski definition) is 5. The van der Waals surface area contributed by atoms with Crippen LogP contribution < -0.4 is 15.7 Å². The Labute approximate surface area is 135 Å². The number of carbonyl (C=O) groups excluding carboxylic acids is 1. The van der Waals surface area contributed by atoms with Gasteiger partial charge in [-0.2, -0.15) is 0 Å². The molecule has 0 aliphatic carbocycles. The molecule has 1 aliphatic heterocycles. The average molecular weight is 324 g/mol. The molecule has 126 valence electrons. The largest absolute Gasteiger partial charge is 0.488 e. The summed E-state index contributed by atoms with van der Waals surface area (Å²) in [6, 6.07) is 3.85. The Morgan fingerprint density at radius 2 is 2.09 bits per heavy atom. The molecule has 1 fully saturated rings. The minimum Gasteiger partial charge on any atom is -0.444 e. The van der Waals surface area contributed by atoms with Crippen molar-refractivity contribution in [3.8, 4) is 0 Å².